The Morgan fingerprint density at radius 2 is 1.83 bits per heavy atom. The summed E-state index contributed by atoms with van der Waals surface area (Å²) in [4.78, 5) is 13.3. The highest BCUT2D eigenvalue weighted by molar-refractivity contribution is 5.85. The van der Waals surface area contributed by atoms with Gasteiger partial charge in [0.05, 0.1) is 11.0 Å². The van der Waals surface area contributed by atoms with Crippen molar-refractivity contribution in [2.45, 2.75) is 31.7 Å². The smallest absolute Gasteiger partial charge is 0.277 e. The van der Waals surface area contributed by atoms with Gasteiger partial charge in [-0.25, -0.2) is 4.39 Å². The van der Waals surface area contributed by atoms with Gasteiger partial charge in [-0.3, -0.25) is 15.0 Å². The van der Waals surface area contributed by atoms with Gasteiger partial charge in [0.15, 0.2) is 0 Å². The molecular weight excluding hydrogens is 356 g/mol. The van der Waals surface area contributed by atoms with Gasteiger partial charge in [-0.1, -0.05) is 12.8 Å². The zero-order valence-electron chi connectivity index (χ0n) is 13.4. The van der Waals surface area contributed by atoms with E-state index in [9.17, 15) is 14.5 Å². The average molecular weight is 380 g/mol. The number of halogens is 3. The molecule has 1 aromatic rings. The Hall–Kier alpha value is -0.950. The third-order valence-corrected chi connectivity index (χ3v) is 4.90. The minimum absolute atomic E-state index is 0. The van der Waals surface area contributed by atoms with Crippen molar-refractivity contribution in [2.75, 3.05) is 26.2 Å². The molecule has 0 radical (unpaired) electrons. The lowest BCUT2D eigenvalue weighted by Gasteiger charge is -2.38. The van der Waals surface area contributed by atoms with Crippen molar-refractivity contribution in [3.8, 4) is 0 Å². The highest BCUT2D eigenvalue weighted by Crippen LogP contribution is 2.42. The fourth-order valence-electron chi connectivity index (χ4n) is 3.91. The second-order valence-corrected chi connectivity index (χ2v) is 6.24. The van der Waals surface area contributed by atoms with E-state index in [1.54, 1.807) is 6.07 Å². The predicted molar refractivity (Wildman–Crippen MR) is 96.7 cm³/mol. The van der Waals surface area contributed by atoms with Crippen LogP contribution < -0.4 is 5.32 Å². The first-order valence-corrected chi connectivity index (χ1v) is 8.05. The molecule has 2 aliphatic rings. The van der Waals surface area contributed by atoms with Gasteiger partial charge in [0.25, 0.3) is 5.69 Å². The summed E-state index contributed by atoms with van der Waals surface area (Å²) in [7, 11) is 0. The molecule has 3 rings (SSSR count). The van der Waals surface area contributed by atoms with E-state index in [1.807, 2.05) is 0 Å². The van der Waals surface area contributed by atoms with Crippen molar-refractivity contribution in [1.29, 1.82) is 0 Å². The number of benzene rings is 1. The van der Waals surface area contributed by atoms with Crippen molar-refractivity contribution < 1.29 is 9.31 Å². The molecule has 5 nitrogen and oxygen atoms in total. The molecule has 24 heavy (non-hydrogen) atoms. The maximum atomic E-state index is 13.5. The van der Waals surface area contributed by atoms with Crippen LogP contribution in [0.15, 0.2) is 18.2 Å². The first kappa shape index (κ1) is 21.1. The van der Waals surface area contributed by atoms with Gasteiger partial charge < -0.3 is 5.32 Å². The number of nitro groups is 1. The predicted octanol–water partition coefficient (Wildman–Crippen LogP) is 3.71. The highest BCUT2D eigenvalue weighted by Gasteiger charge is 2.35. The van der Waals surface area contributed by atoms with Gasteiger partial charge in [0.2, 0.25) is 0 Å². The van der Waals surface area contributed by atoms with Crippen LogP contribution in [-0.4, -0.2) is 36.0 Å². The van der Waals surface area contributed by atoms with Crippen LogP contribution in [0.4, 0.5) is 10.1 Å². The lowest BCUT2D eigenvalue weighted by atomic mass is 9.88. The first-order chi connectivity index (χ1) is 10.7. The molecule has 136 valence electrons. The Kier molecular flexibility index (Phi) is 8.36. The van der Waals surface area contributed by atoms with Crippen molar-refractivity contribution in [2.24, 2.45) is 5.92 Å². The molecule has 1 aliphatic carbocycles. The molecule has 0 bridgehead atoms. The maximum absolute atomic E-state index is 13.5. The van der Waals surface area contributed by atoms with E-state index >= 15 is 0 Å². The van der Waals surface area contributed by atoms with Gasteiger partial charge in [0.1, 0.15) is 5.82 Å². The van der Waals surface area contributed by atoms with E-state index in [0.717, 1.165) is 45.1 Å². The fourth-order valence-corrected chi connectivity index (χ4v) is 3.91. The minimum Gasteiger partial charge on any atom is -0.314 e. The maximum Gasteiger partial charge on any atom is 0.277 e. The molecule has 0 aromatic heterocycles. The highest BCUT2D eigenvalue weighted by atomic mass is 35.5. The standard InChI is InChI=1S/C16H22FN3O2.2ClH/c17-13-5-6-14(15(11-13)20(21)22)16(12-3-1-2-4-12)19-9-7-18-8-10-19;;/h5-6,11-12,16,18H,1-4,7-10H2;2*1H/t16-;;/m0../s1. The Labute approximate surface area is 154 Å². The SMILES string of the molecule is Cl.Cl.O=[N+]([O-])c1cc(F)ccc1[C@H](C1CCCC1)N1CCNCC1. The monoisotopic (exact) mass is 379 g/mol. The van der Waals surface area contributed by atoms with E-state index in [1.165, 1.54) is 18.9 Å². The summed E-state index contributed by atoms with van der Waals surface area (Å²) >= 11 is 0. The second kappa shape index (κ2) is 9.51. The van der Waals surface area contributed by atoms with Crippen LogP contribution in [0.5, 0.6) is 0 Å². The zero-order valence-corrected chi connectivity index (χ0v) is 15.1. The van der Waals surface area contributed by atoms with Crippen LogP contribution in [0.3, 0.4) is 0 Å². The van der Waals surface area contributed by atoms with Crippen LogP contribution in [-0.2, 0) is 0 Å². The van der Waals surface area contributed by atoms with Crippen LogP contribution in [0.25, 0.3) is 0 Å². The summed E-state index contributed by atoms with van der Waals surface area (Å²) in [6.45, 7) is 3.57. The van der Waals surface area contributed by atoms with E-state index in [0.29, 0.717) is 11.5 Å². The first-order valence-electron chi connectivity index (χ1n) is 8.05. The lowest BCUT2D eigenvalue weighted by molar-refractivity contribution is -0.386. The Bertz CT molecular complexity index is 550. The second-order valence-electron chi connectivity index (χ2n) is 6.24. The molecule has 1 saturated carbocycles. The molecular formula is C16H24Cl2FN3O2. The lowest BCUT2D eigenvalue weighted by Crippen LogP contribution is -2.46. The molecule has 1 heterocycles. The normalized spacial score (nSPS) is 20.0. The van der Waals surface area contributed by atoms with Gasteiger partial charge in [-0.2, -0.15) is 0 Å². The number of hydrogen-bond acceptors (Lipinski definition) is 4. The number of hydrogen-bond donors (Lipinski definition) is 1. The van der Waals surface area contributed by atoms with E-state index < -0.39 is 10.7 Å². The van der Waals surface area contributed by atoms with Gasteiger partial charge in [0, 0.05) is 37.8 Å². The van der Waals surface area contributed by atoms with Gasteiger partial charge >= 0.3 is 0 Å². The molecule has 1 atom stereocenters. The molecule has 1 aliphatic heterocycles. The van der Waals surface area contributed by atoms with Crippen molar-refractivity contribution >= 4 is 30.5 Å². The summed E-state index contributed by atoms with van der Waals surface area (Å²) in [5.74, 6) is -0.108. The zero-order chi connectivity index (χ0) is 15.5. The van der Waals surface area contributed by atoms with Crippen LogP contribution >= 0.6 is 24.8 Å². The number of nitrogens with zero attached hydrogens (tertiary/aromatic N) is 2. The van der Waals surface area contributed by atoms with Crippen LogP contribution in [0.1, 0.15) is 37.3 Å². The van der Waals surface area contributed by atoms with Crippen molar-refractivity contribution in [3.63, 3.8) is 0 Å². The molecule has 1 saturated heterocycles. The third-order valence-electron chi connectivity index (χ3n) is 4.90. The molecule has 2 fully saturated rings. The number of nitrogens with one attached hydrogen (secondary N) is 1. The number of piperazine rings is 1. The largest absolute Gasteiger partial charge is 0.314 e. The van der Waals surface area contributed by atoms with E-state index in [-0.39, 0.29) is 36.5 Å². The van der Waals surface area contributed by atoms with E-state index in [2.05, 4.69) is 10.2 Å². The van der Waals surface area contributed by atoms with Crippen LogP contribution in [0.2, 0.25) is 0 Å². The van der Waals surface area contributed by atoms with Crippen LogP contribution in [0, 0.1) is 21.8 Å². The molecule has 0 amide bonds. The summed E-state index contributed by atoms with van der Waals surface area (Å²) in [5, 5.41) is 14.7. The summed E-state index contributed by atoms with van der Waals surface area (Å²) < 4.78 is 13.5. The molecule has 0 spiro atoms. The Morgan fingerprint density at radius 3 is 2.42 bits per heavy atom. The van der Waals surface area contributed by atoms with Gasteiger partial charge in [-0.15, -0.1) is 24.8 Å². The van der Waals surface area contributed by atoms with E-state index in [4.69, 9.17) is 0 Å². The number of nitro benzene ring substituents is 1. The number of rotatable bonds is 4. The third kappa shape index (κ3) is 4.57. The molecule has 8 heteroatoms. The quantitative estimate of drug-likeness (QED) is 0.639. The summed E-state index contributed by atoms with van der Waals surface area (Å²) in [6.07, 6.45) is 4.57. The molecule has 0 unspecified atom stereocenters. The Morgan fingerprint density at radius 1 is 1.21 bits per heavy atom. The van der Waals surface area contributed by atoms with Crippen molar-refractivity contribution in [3.05, 3.63) is 39.7 Å². The molecule has 1 N–H and O–H groups in total. The molecule has 1 aromatic carbocycles. The van der Waals surface area contributed by atoms with Crippen molar-refractivity contribution in [1.82, 2.24) is 10.2 Å². The van der Waals surface area contributed by atoms with Gasteiger partial charge in [-0.05, 0) is 30.9 Å². The Balaban J connectivity index is 0.00000144. The summed E-state index contributed by atoms with van der Waals surface area (Å²) in [6, 6.07) is 4.08. The fraction of sp³-hybridized carbons (Fsp3) is 0.625. The minimum atomic E-state index is -0.541. The summed E-state index contributed by atoms with van der Waals surface area (Å²) in [5.41, 5.74) is 0.607. The average Bonchev–Trinajstić information content (AvgIpc) is 3.04. The topological polar surface area (TPSA) is 58.4 Å².